The molecule has 3 aliphatic heterocycles. The predicted molar refractivity (Wildman–Crippen MR) is 80.2 cm³/mol. The standard InChI is InChI=1S/C18H26O4/c1-11-10-12-14(21-15(2,3)20-12)17-9-5-8-16(22-17)7-4-6-13(16)18(11,17)19/h5,9,11-14,19H,4,6-8,10H2,1-3H3/t11-,12+,13-,14+,16-,17-,18+/m1/s1. The van der Waals surface area contributed by atoms with E-state index in [9.17, 15) is 5.11 Å². The maximum atomic E-state index is 11.9. The highest BCUT2D eigenvalue weighted by atomic mass is 16.8. The van der Waals surface area contributed by atoms with Gasteiger partial charge >= 0.3 is 0 Å². The first-order valence-electron chi connectivity index (χ1n) is 8.79. The van der Waals surface area contributed by atoms with Crippen LogP contribution in [0.4, 0.5) is 0 Å². The SMILES string of the molecule is C[C@@H]1C[C@@H]2OC(C)(C)O[C@@H]2[C@]23C=CC[C@@]4(CCC[C@H]4[C@@]12O)O3. The van der Waals surface area contributed by atoms with E-state index < -0.39 is 17.0 Å². The van der Waals surface area contributed by atoms with Crippen LogP contribution in [0.5, 0.6) is 0 Å². The van der Waals surface area contributed by atoms with E-state index in [0.29, 0.717) is 0 Å². The fourth-order valence-electron chi connectivity index (χ4n) is 6.37. The van der Waals surface area contributed by atoms with Gasteiger partial charge in [-0.15, -0.1) is 0 Å². The number of ether oxygens (including phenoxy) is 3. The van der Waals surface area contributed by atoms with E-state index in [2.05, 4.69) is 19.1 Å². The van der Waals surface area contributed by atoms with Gasteiger partial charge < -0.3 is 19.3 Å². The fourth-order valence-corrected chi connectivity index (χ4v) is 6.37. The Morgan fingerprint density at radius 3 is 2.86 bits per heavy atom. The van der Waals surface area contributed by atoms with Crippen LogP contribution < -0.4 is 0 Å². The first-order chi connectivity index (χ1) is 10.3. The molecule has 122 valence electrons. The van der Waals surface area contributed by atoms with Gasteiger partial charge in [-0.05, 0) is 45.4 Å². The highest BCUT2D eigenvalue weighted by Gasteiger charge is 2.79. The Balaban J connectivity index is 1.70. The van der Waals surface area contributed by atoms with Crippen LogP contribution in [0.1, 0.15) is 52.9 Å². The quantitative estimate of drug-likeness (QED) is 0.699. The van der Waals surface area contributed by atoms with Gasteiger partial charge in [0, 0.05) is 5.92 Å². The molecule has 2 saturated carbocycles. The van der Waals surface area contributed by atoms with Gasteiger partial charge in [0.25, 0.3) is 0 Å². The molecular weight excluding hydrogens is 280 g/mol. The van der Waals surface area contributed by atoms with E-state index in [1.807, 2.05) is 13.8 Å². The van der Waals surface area contributed by atoms with Gasteiger partial charge in [-0.3, -0.25) is 0 Å². The molecule has 4 fully saturated rings. The molecule has 0 unspecified atom stereocenters. The average molecular weight is 306 g/mol. The van der Waals surface area contributed by atoms with Crippen molar-refractivity contribution in [1.29, 1.82) is 0 Å². The van der Waals surface area contributed by atoms with Gasteiger partial charge in [-0.2, -0.15) is 0 Å². The first-order valence-corrected chi connectivity index (χ1v) is 8.79. The molecule has 1 N–H and O–H groups in total. The lowest BCUT2D eigenvalue weighted by molar-refractivity contribution is -0.233. The minimum absolute atomic E-state index is 0.00361. The molecule has 7 atom stereocenters. The Morgan fingerprint density at radius 2 is 2.05 bits per heavy atom. The lowest BCUT2D eigenvalue weighted by atomic mass is 9.59. The Hall–Kier alpha value is -0.420. The van der Waals surface area contributed by atoms with Crippen LogP contribution in [0.3, 0.4) is 0 Å². The summed E-state index contributed by atoms with van der Waals surface area (Å²) in [6.07, 6.45) is 9.17. The zero-order valence-corrected chi connectivity index (χ0v) is 13.7. The molecule has 22 heavy (non-hydrogen) atoms. The Morgan fingerprint density at radius 1 is 1.23 bits per heavy atom. The molecule has 2 spiro atoms. The zero-order chi connectivity index (χ0) is 15.4. The third-order valence-corrected chi connectivity index (χ3v) is 7.03. The zero-order valence-electron chi connectivity index (χ0n) is 13.7. The average Bonchev–Trinajstić information content (AvgIpc) is 3.01. The van der Waals surface area contributed by atoms with Crippen molar-refractivity contribution in [2.75, 3.05) is 0 Å². The van der Waals surface area contributed by atoms with Crippen LogP contribution in [0.25, 0.3) is 0 Å². The minimum atomic E-state index is -0.832. The predicted octanol–water partition coefficient (Wildman–Crippen LogP) is 2.55. The number of fused-ring (bicyclic) bond motifs is 2. The lowest BCUT2D eigenvalue weighted by Crippen LogP contribution is -2.68. The third kappa shape index (κ3) is 1.32. The summed E-state index contributed by atoms with van der Waals surface area (Å²) in [4.78, 5) is 0. The Kier molecular flexibility index (Phi) is 2.41. The summed E-state index contributed by atoms with van der Waals surface area (Å²) in [6.45, 7) is 6.09. The monoisotopic (exact) mass is 306 g/mol. The molecule has 4 heteroatoms. The number of hydrogen-bond acceptors (Lipinski definition) is 4. The summed E-state index contributed by atoms with van der Waals surface area (Å²) < 4.78 is 19.1. The van der Waals surface area contributed by atoms with Crippen molar-refractivity contribution in [1.82, 2.24) is 0 Å². The molecule has 5 aliphatic rings. The van der Waals surface area contributed by atoms with Crippen molar-refractivity contribution in [2.45, 2.75) is 87.7 Å². The highest BCUT2D eigenvalue weighted by Crippen LogP contribution is 2.68. The van der Waals surface area contributed by atoms with Crippen molar-refractivity contribution in [3.05, 3.63) is 12.2 Å². The van der Waals surface area contributed by atoms with E-state index in [1.165, 1.54) is 0 Å². The molecule has 0 amide bonds. The van der Waals surface area contributed by atoms with Gasteiger partial charge in [-0.1, -0.05) is 25.5 Å². The number of aliphatic hydroxyl groups is 1. The normalized spacial score (nSPS) is 60.9. The van der Waals surface area contributed by atoms with Crippen LogP contribution in [-0.2, 0) is 14.2 Å². The van der Waals surface area contributed by atoms with Gasteiger partial charge in [0.2, 0.25) is 0 Å². The first kappa shape index (κ1) is 14.0. The maximum Gasteiger partial charge on any atom is 0.163 e. The van der Waals surface area contributed by atoms with Crippen LogP contribution in [-0.4, -0.2) is 39.9 Å². The molecule has 3 heterocycles. The van der Waals surface area contributed by atoms with Crippen molar-refractivity contribution < 1.29 is 19.3 Å². The Bertz CT molecular complexity index is 557. The van der Waals surface area contributed by atoms with Gasteiger partial charge in [-0.25, -0.2) is 0 Å². The van der Waals surface area contributed by atoms with E-state index in [4.69, 9.17) is 14.2 Å². The highest BCUT2D eigenvalue weighted by molar-refractivity contribution is 5.36. The second-order valence-corrected chi connectivity index (χ2v) is 8.57. The van der Waals surface area contributed by atoms with E-state index >= 15 is 0 Å². The van der Waals surface area contributed by atoms with Crippen molar-refractivity contribution in [3.8, 4) is 0 Å². The molecule has 2 bridgehead atoms. The molecule has 0 aromatic heterocycles. The second kappa shape index (κ2) is 3.80. The van der Waals surface area contributed by atoms with Crippen LogP contribution >= 0.6 is 0 Å². The van der Waals surface area contributed by atoms with E-state index in [0.717, 1.165) is 32.1 Å². The molecule has 5 rings (SSSR count). The van der Waals surface area contributed by atoms with E-state index in [-0.39, 0.29) is 29.6 Å². The van der Waals surface area contributed by atoms with Crippen molar-refractivity contribution in [2.24, 2.45) is 11.8 Å². The molecule has 0 radical (unpaired) electrons. The molecule has 2 saturated heterocycles. The third-order valence-electron chi connectivity index (χ3n) is 7.03. The van der Waals surface area contributed by atoms with Crippen molar-refractivity contribution in [3.63, 3.8) is 0 Å². The van der Waals surface area contributed by atoms with Crippen LogP contribution in [0.15, 0.2) is 12.2 Å². The van der Waals surface area contributed by atoms with Gasteiger partial charge in [0.05, 0.1) is 11.7 Å². The molecular formula is C18H26O4. The van der Waals surface area contributed by atoms with Crippen molar-refractivity contribution >= 4 is 0 Å². The van der Waals surface area contributed by atoms with E-state index in [1.54, 1.807) is 0 Å². The molecule has 0 aromatic carbocycles. The molecule has 0 aromatic rings. The second-order valence-electron chi connectivity index (χ2n) is 8.57. The molecule has 4 nitrogen and oxygen atoms in total. The smallest absolute Gasteiger partial charge is 0.163 e. The summed E-state index contributed by atoms with van der Waals surface area (Å²) in [5.41, 5.74) is -1.74. The Labute approximate surface area is 131 Å². The largest absolute Gasteiger partial charge is 0.386 e. The summed E-state index contributed by atoms with van der Waals surface area (Å²) in [5.74, 6) is -0.230. The summed E-state index contributed by atoms with van der Waals surface area (Å²) in [7, 11) is 0. The topological polar surface area (TPSA) is 47.9 Å². The maximum absolute atomic E-state index is 11.9. The van der Waals surface area contributed by atoms with Gasteiger partial charge in [0.15, 0.2) is 5.79 Å². The summed E-state index contributed by atoms with van der Waals surface area (Å²) in [5, 5.41) is 11.9. The summed E-state index contributed by atoms with van der Waals surface area (Å²) >= 11 is 0. The fraction of sp³-hybridized carbons (Fsp3) is 0.889. The minimum Gasteiger partial charge on any atom is -0.386 e. The molecule has 2 aliphatic carbocycles. The summed E-state index contributed by atoms with van der Waals surface area (Å²) in [6, 6.07) is 0. The number of rotatable bonds is 0. The lowest BCUT2D eigenvalue weighted by Gasteiger charge is -2.53. The van der Waals surface area contributed by atoms with Crippen LogP contribution in [0.2, 0.25) is 0 Å². The van der Waals surface area contributed by atoms with Crippen LogP contribution in [0, 0.1) is 11.8 Å². The number of hydrogen-bond donors (Lipinski definition) is 1. The van der Waals surface area contributed by atoms with Gasteiger partial charge in [0.1, 0.15) is 17.3 Å².